The first-order valence-corrected chi connectivity index (χ1v) is 6.01. The van der Waals surface area contributed by atoms with Gasteiger partial charge in [-0.1, -0.05) is 0 Å². The molecule has 0 aliphatic carbocycles. The minimum atomic E-state index is -4.27. The Morgan fingerprint density at radius 3 is 2.50 bits per heavy atom. The van der Waals surface area contributed by atoms with E-state index in [1.165, 1.54) is 6.07 Å². The van der Waals surface area contributed by atoms with Crippen LogP contribution in [0.3, 0.4) is 0 Å². The number of halogens is 3. The normalized spacial score (nSPS) is 11.4. The number of alkyl halides is 2. The van der Waals surface area contributed by atoms with Crippen LogP contribution in [0, 0.1) is 11.3 Å². The second-order valence-corrected chi connectivity index (χ2v) is 5.18. The average Bonchev–Trinajstić information content (AvgIpc) is 2.14. The molecule has 0 bridgehead atoms. The van der Waals surface area contributed by atoms with E-state index < -0.39 is 37.3 Å². The molecule has 0 saturated heterocycles. The smallest absolute Gasteiger partial charge is 0.268 e. The summed E-state index contributed by atoms with van der Waals surface area (Å²) in [6.07, 6.45) is -2.44. The van der Waals surface area contributed by atoms with E-state index in [0.29, 0.717) is 6.20 Å². The third-order valence-corrected chi connectivity index (χ3v) is 3.06. The molecule has 0 spiro atoms. The van der Waals surface area contributed by atoms with E-state index in [9.17, 15) is 17.2 Å². The van der Waals surface area contributed by atoms with Crippen molar-refractivity contribution >= 4 is 25.4 Å². The number of nitrogens with zero attached hydrogens (tertiary/aromatic N) is 2. The van der Waals surface area contributed by atoms with Crippen LogP contribution in [0.1, 0.15) is 17.7 Å². The van der Waals surface area contributed by atoms with Crippen LogP contribution < -0.4 is 5.73 Å². The van der Waals surface area contributed by atoms with Gasteiger partial charge in [0.1, 0.15) is 11.0 Å². The van der Waals surface area contributed by atoms with Crippen molar-refractivity contribution in [2.24, 2.45) is 0 Å². The Bertz CT molecular complexity index is 568. The van der Waals surface area contributed by atoms with E-state index in [-0.39, 0.29) is 0 Å². The molecular weight excluding hydrogens is 264 g/mol. The molecule has 0 unspecified atom stereocenters. The Morgan fingerprint density at radius 1 is 1.56 bits per heavy atom. The summed E-state index contributed by atoms with van der Waals surface area (Å²) in [5, 5.41) is 8.50. The van der Waals surface area contributed by atoms with Crippen LogP contribution in [0.2, 0.25) is 0 Å². The third kappa shape index (κ3) is 2.20. The Hall–Kier alpha value is -1.46. The molecule has 2 N–H and O–H groups in total. The lowest BCUT2D eigenvalue weighted by Crippen LogP contribution is -2.07. The van der Waals surface area contributed by atoms with Crippen molar-refractivity contribution in [2.45, 2.75) is 11.3 Å². The first-order valence-electron chi connectivity index (χ1n) is 3.70. The van der Waals surface area contributed by atoms with Gasteiger partial charge < -0.3 is 5.73 Å². The van der Waals surface area contributed by atoms with Crippen LogP contribution in [-0.2, 0) is 9.05 Å². The fourth-order valence-electron chi connectivity index (χ4n) is 1.03. The summed E-state index contributed by atoms with van der Waals surface area (Å²) < 4.78 is 47.0. The van der Waals surface area contributed by atoms with Crippen molar-refractivity contribution in [3.05, 3.63) is 17.5 Å². The summed E-state index contributed by atoms with van der Waals surface area (Å²) in [5.74, 6) is 0. The number of rotatable bonds is 2. The van der Waals surface area contributed by atoms with Crippen LogP contribution in [0.5, 0.6) is 0 Å². The quantitative estimate of drug-likeness (QED) is 0.817. The van der Waals surface area contributed by atoms with Gasteiger partial charge in [-0.2, -0.15) is 5.26 Å². The van der Waals surface area contributed by atoms with Gasteiger partial charge in [-0.15, -0.1) is 0 Å². The fraction of sp³-hybridized carbons (Fsp3) is 0.143. The monoisotopic (exact) mass is 267 g/mol. The van der Waals surface area contributed by atoms with E-state index in [0.717, 1.165) is 0 Å². The predicted octanol–water partition coefficient (Wildman–Crippen LogP) is 1.40. The Balaban J connectivity index is 3.65. The number of aromatic nitrogens is 1. The van der Waals surface area contributed by atoms with Gasteiger partial charge in [-0.3, -0.25) is 0 Å². The minimum Gasteiger partial charge on any atom is -0.397 e. The van der Waals surface area contributed by atoms with Crippen LogP contribution >= 0.6 is 10.7 Å². The van der Waals surface area contributed by atoms with E-state index >= 15 is 0 Å². The zero-order valence-electron chi connectivity index (χ0n) is 7.49. The molecule has 0 saturated carbocycles. The summed E-state index contributed by atoms with van der Waals surface area (Å²) >= 11 is 0. The summed E-state index contributed by atoms with van der Waals surface area (Å²) in [5.41, 5.74) is 2.90. The highest BCUT2D eigenvalue weighted by Gasteiger charge is 2.25. The molecule has 0 amide bonds. The number of nitriles is 1. The summed E-state index contributed by atoms with van der Waals surface area (Å²) in [4.78, 5) is 2.53. The predicted molar refractivity (Wildman–Crippen MR) is 51.4 cm³/mol. The first kappa shape index (κ1) is 12.6. The maximum Gasteiger partial charge on any atom is 0.268 e. The van der Waals surface area contributed by atoms with Crippen LogP contribution in [0.15, 0.2) is 11.1 Å². The zero-order chi connectivity index (χ0) is 12.5. The standard InChI is InChI=1S/C7H4ClF2N3O2S/c8-16(14,15)4-2-13-3(1-11)5(6(4)12)7(9)10/h2,7H,(H2,12,13). The number of hydrogen-bond acceptors (Lipinski definition) is 5. The average molecular weight is 268 g/mol. The highest BCUT2D eigenvalue weighted by molar-refractivity contribution is 8.13. The molecular formula is C7H4ClF2N3O2S. The highest BCUT2D eigenvalue weighted by atomic mass is 35.7. The molecule has 1 rings (SSSR count). The van der Waals surface area contributed by atoms with E-state index in [2.05, 4.69) is 4.98 Å². The number of hydrogen-bond donors (Lipinski definition) is 1. The number of nitrogens with two attached hydrogens (primary N) is 1. The molecule has 86 valence electrons. The van der Waals surface area contributed by atoms with Gasteiger partial charge in [-0.25, -0.2) is 22.2 Å². The number of anilines is 1. The molecule has 1 heterocycles. The molecule has 9 heteroatoms. The fourth-order valence-corrected chi connectivity index (χ4v) is 1.95. The number of nitrogen functional groups attached to an aromatic ring is 1. The first-order chi connectivity index (χ1) is 7.29. The van der Waals surface area contributed by atoms with Crippen LogP contribution in [0.25, 0.3) is 0 Å². The summed E-state index contributed by atoms with van der Waals surface area (Å²) in [6.45, 7) is 0. The van der Waals surface area contributed by atoms with Gasteiger partial charge in [-0.05, 0) is 0 Å². The zero-order valence-corrected chi connectivity index (χ0v) is 9.06. The molecule has 0 aliphatic rings. The van der Waals surface area contributed by atoms with E-state index in [1.807, 2.05) is 0 Å². The van der Waals surface area contributed by atoms with Crippen molar-refractivity contribution in [2.75, 3.05) is 5.73 Å². The lowest BCUT2D eigenvalue weighted by atomic mass is 10.2. The SMILES string of the molecule is N#Cc1ncc(S(=O)(=O)Cl)c(N)c1C(F)F. The van der Waals surface area contributed by atoms with Crippen molar-refractivity contribution < 1.29 is 17.2 Å². The maximum absolute atomic E-state index is 12.5. The van der Waals surface area contributed by atoms with Gasteiger partial charge in [0.2, 0.25) is 0 Å². The van der Waals surface area contributed by atoms with Gasteiger partial charge in [0.25, 0.3) is 15.5 Å². The molecule has 0 fully saturated rings. The van der Waals surface area contributed by atoms with E-state index in [1.54, 1.807) is 0 Å². The topological polar surface area (TPSA) is 96.8 Å². The van der Waals surface area contributed by atoms with Crippen LogP contribution in [-0.4, -0.2) is 13.4 Å². The molecule has 5 nitrogen and oxygen atoms in total. The van der Waals surface area contributed by atoms with Gasteiger partial charge in [0.15, 0.2) is 5.69 Å². The van der Waals surface area contributed by atoms with Gasteiger partial charge >= 0.3 is 0 Å². The molecule has 0 aliphatic heterocycles. The molecule has 0 atom stereocenters. The Kier molecular flexibility index (Phi) is 3.30. The largest absolute Gasteiger partial charge is 0.397 e. The van der Waals surface area contributed by atoms with Crippen molar-refractivity contribution in [3.8, 4) is 6.07 Å². The lowest BCUT2D eigenvalue weighted by Gasteiger charge is -2.08. The highest BCUT2D eigenvalue weighted by Crippen LogP contribution is 2.32. The van der Waals surface area contributed by atoms with E-state index in [4.69, 9.17) is 21.7 Å². The second kappa shape index (κ2) is 4.19. The Morgan fingerprint density at radius 2 is 2.12 bits per heavy atom. The van der Waals surface area contributed by atoms with Crippen molar-refractivity contribution in [1.29, 1.82) is 5.26 Å². The second-order valence-electron chi connectivity index (χ2n) is 2.65. The molecule has 1 aromatic rings. The molecule has 1 aromatic heterocycles. The minimum absolute atomic E-state index is 0.628. The van der Waals surface area contributed by atoms with Gasteiger partial charge in [0.05, 0.1) is 17.4 Å². The van der Waals surface area contributed by atoms with Crippen LogP contribution in [0.4, 0.5) is 14.5 Å². The third-order valence-electron chi connectivity index (χ3n) is 1.71. The molecule has 16 heavy (non-hydrogen) atoms. The number of pyridine rings is 1. The Labute approximate surface area is 93.9 Å². The summed E-state index contributed by atoms with van der Waals surface area (Å²) in [7, 11) is 0.688. The van der Waals surface area contributed by atoms with Gasteiger partial charge in [0, 0.05) is 10.7 Å². The molecule has 0 aromatic carbocycles. The summed E-state index contributed by atoms with van der Waals surface area (Å²) in [6, 6.07) is 1.39. The maximum atomic E-state index is 12.5. The van der Waals surface area contributed by atoms with Crippen molar-refractivity contribution in [3.63, 3.8) is 0 Å². The lowest BCUT2D eigenvalue weighted by molar-refractivity contribution is 0.151. The van der Waals surface area contributed by atoms with Crippen molar-refractivity contribution in [1.82, 2.24) is 4.98 Å². The molecule has 0 radical (unpaired) electrons.